The van der Waals surface area contributed by atoms with Crippen LogP contribution in [0.2, 0.25) is 0 Å². The maximum Gasteiger partial charge on any atom is 0.254 e. The Hall–Kier alpha value is -3.61. The van der Waals surface area contributed by atoms with Gasteiger partial charge in [-0.2, -0.15) is 0 Å². The van der Waals surface area contributed by atoms with E-state index < -0.39 is 0 Å². The fraction of sp³-hybridized carbons (Fsp3) is 0.364. The first kappa shape index (κ1) is 25.7. The summed E-state index contributed by atoms with van der Waals surface area (Å²) in [6.45, 7) is 13.0. The molecule has 2 fully saturated rings. The van der Waals surface area contributed by atoms with Gasteiger partial charge in [-0.05, 0) is 54.8 Å². The molecule has 39 heavy (non-hydrogen) atoms. The van der Waals surface area contributed by atoms with Gasteiger partial charge in [-0.25, -0.2) is 0 Å². The van der Waals surface area contributed by atoms with Crippen LogP contribution in [0, 0.1) is 0 Å². The highest BCUT2D eigenvalue weighted by Gasteiger charge is 2.24. The standard InChI is InChI=1S/C33H39N5O/c1-25(2)36-18-20-38(21-19-36)33(39)28-10-13-31-29(23-34-32(31)22-28)24-35-14-16-37(17-15-35)30-11-8-27(9-12-30)26-6-4-3-5-7-26/h3-13,22-23,25,34H,14-21,24H2,1-2H3. The van der Waals surface area contributed by atoms with Crippen molar-refractivity contribution in [2.24, 2.45) is 0 Å². The van der Waals surface area contributed by atoms with Crippen LogP contribution >= 0.6 is 0 Å². The molecule has 0 bridgehead atoms. The van der Waals surface area contributed by atoms with Gasteiger partial charge in [-0.3, -0.25) is 14.6 Å². The number of rotatable bonds is 6. The lowest BCUT2D eigenvalue weighted by atomic mass is 10.1. The smallest absolute Gasteiger partial charge is 0.254 e. The topological polar surface area (TPSA) is 45.8 Å². The van der Waals surface area contributed by atoms with Gasteiger partial charge in [0.15, 0.2) is 0 Å². The highest BCUT2D eigenvalue weighted by atomic mass is 16.2. The van der Waals surface area contributed by atoms with Crippen LogP contribution in [0.4, 0.5) is 5.69 Å². The van der Waals surface area contributed by atoms with Crippen molar-refractivity contribution in [1.29, 1.82) is 0 Å². The number of aromatic nitrogens is 1. The molecule has 0 saturated carbocycles. The second-order valence-electron chi connectivity index (χ2n) is 11.2. The molecule has 0 radical (unpaired) electrons. The Morgan fingerprint density at radius 1 is 0.795 bits per heavy atom. The van der Waals surface area contributed by atoms with Gasteiger partial charge in [0.1, 0.15) is 0 Å². The van der Waals surface area contributed by atoms with Crippen LogP contribution < -0.4 is 4.90 Å². The third-order valence-electron chi connectivity index (χ3n) is 8.45. The lowest BCUT2D eigenvalue weighted by Crippen LogP contribution is -2.50. The summed E-state index contributed by atoms with van der Waals surface area (Å²) >= 11 is 0. The molecular formula is C33H39N5O. The number of anilines is 1. The summed E-state index contributed by atoms with van der Waals surface area (Å²) in [7, 11) is 0. The van der Waals surface area contributed by atoms with E-state index in [1.54, 1.807) is 0 Å². The second kappa shape index (κ2) is 11.2. The van der Waals surface area contributed by atoms with Crippen molar-refractivity contribution >= 4 is 22.5 Å². The Morgan fingerprint density at radius 2 is 1.49 bits per heavy atom. The van der Waals surface area contributed by atoms with Crippen LogP contribution in [0.25, 0.3) is 22.0 Å². The number of aromatic amines is 1. The molecule has 4 aromatic rings. The summed E-state index contributed by atoms with van der Waals surface area (Å²) in [5.41, 5.74) is 6.94. The van der Waals surface area contributed by atoms with Crippen molar-refractivity contribution in [3.63, 3.8) is 0 Å². The zero-order valence-corrected chi connectivity index (χ0v) is 23.1. The van der Waals surface area contributed by atoms with Gasteiger partial charge in [-0.15, -0.1) is 0 Å². The highest BCUT2D eigenvalue weighted by molar-refractivity contribution is 5.98. The number of hydrogen-bond donors (Lipinski definition) is 1. The largest absolute Gasteiger partial charge is 0.369 e. The first-order valence-corrected chi connectivity index (χ1v) is 14.3. The van der Waals surface area contributed by atoms with Gasteiger partial charge in [0.2, 0.25) is 0 Å². The summed E-state index contributed by atoms with van der Waals surface area (Å²) in [5.74, 6) is 0.143. The number of nitrogens with zero attached hydrogens (tertiary/aromatic N) is 4. The molecular weight excluding hydrogens is 482 g/mol. The average Bonchev–Trinajstić information content (AvgIpc) is 3.39. The van der Waals surface area contributed by atoms with E-state index in [1.807, 2.05) is 17.0 Å². The number of amides is 1. The lowest BCUT2D eigenvalue weighted by molar-refractivity contribution is 0.0595. The van der Waals surface area contributed by atoms with E-state index in [0.717, 1.165) is 70.0 Å². The lowest BCUT2D eigenvalue weighted by Gasteiger charge is -2.37. The van der Waals surface area contributed by atoms with Crippen LogP contribution in [0.5, 0.6) is 0 Å². The van der Waals surface area contributed by atoms with Crippen LogP contribution in [-0.2, 0) is 6.54 Å². The second-order valence-corrected chi connectivity index (χ2v) is 11.2. The molecule has 0 atom stereocenters. The number of carbonyl (C=O) groups is 1. The van der Waals surface area contributed by atoms with E-state index in [2.05, 4.69) is 100 Å². The molecule has 2 aliphatic heterocycles. The molecule has 6 rings (SSSR count). The van der Waals surface area contributed by atoms with Crippen molar-refractivity contribution in [3.05, 3.63) is 90.1 Å². The van der Waals surface area contributed by atoms with E-state index in [-0.39, 0.29) is 5.91 Å². The number of fused-ring (bicyclic) bond motifs is 1. The molecule has 0 spiro atoms. The van der Waals surface area contributed by atoms with Crippen molar-refractivity contribution in [2.45, 2.75) is 26.4 Å². The third kappa shape index (κ3) is 5.58. The molecule has 0 unspecified atom stereocenters. The summed E-state index contributed by atoms with van der Waals surface area (Å²) < 4.78 is 0. The molecule has 1 N–H and O–H groups in total. The first-order valence-electron chi connectivity index (χ1n) is 14.3. The van der Waals surface area contributed by atoms with Gasteiger partial charge in [0.25, 0.3) is 5.91 Å². The number of H-pyrrole nitrogens is 1. The molecule has 6 heteroatoms. The predicted octanol–water partition coefficient (Wildman–Crippen LogP) is 5.32. The number of benzene rings is 3. The third-order valence-corrected chi connectivity index (χ3v) is 8.45. The normalized spacial score (nSPS) is 17.3. The van der Waals surface area contributed by atoms with Crippen molar-refractivity contribution in [2.75, 3.05) is 57.3 Å². The molecule has 0 aliphatic carbocycles. The Kier molecular flexibility index (Phi) is 7.40. The number of nitrogens with one attached hydrogen (secondary N) is 1. The number of piperazine rings is 2. The minimum atomic E-state index is 0.143. The minimum absolute atomic E-state index is 0.143. The average molecular weight is 522 g/mol. The molecule has 202 valence electrons. The van der Waals surface area contributed by atoms with Crippen LogP contribution in [-0.4, -0.2) is 84.0 Å². The van der Waals surface area contributed by atoms with Crippen molar-refractivity contribution < 1.29 is 4.79 Å². The molecule has 2 saturated heterocycles. The Morgan fingerprint density at radius 3 is 2.18 bits per heavy atom. The predicted molar refractivity (Wildman–Crippen MR) is 160 cm³/mol. The highest BCUT2D eigenvalue weighted by Crippen LogP contribution is 2.26. The van der Waals surface area contributed by atoms with E-state index in [1.165, 1.54) is 27.8 Å². The van der Waals surface area contributed by atoms with E-state index in [9.17, 15) is 4.79 Å². The quantitative estimate of drug-likeness (QED) is 0.373. The van der Waals surface area contributed by atoms with Gasteiger partial charge in [0.05, 0.1) is 0 Å². The summed E-state index contributed by atoms with van der Waals surface area (Å²) in [4.78, 5) is 26.1. The summed E-state index contributed by atoms with van der Waals surface area (Å²) in [6.07, 6.45) is 2.12. The van der Waals surface area contributed by atoms with Crippen LogP contribution in [0.3, 0.4) is 0 Å². The van der Waals surface area contributed by atoms with E-state index in [0.29, 0.717) is 6.04 Å². The fourth-order valence-corrected chi connectivity index (χ4v) is 5.97. The number of carbonyl (C=O) groups excluding carboxylic acids is 1. The van der Waals surface area contributed by atoms with E-state index >= 15 is 0 Å². The zero-order chi connectivity index (χ0) is 26.8. The minimum Gasteiger partial charge on any atom is -0.369 e. The molecule has 6 nitrogen and oxygen atoms in total. The molecule has 3 heterocycles. The summed E-state index contributed by atoms with van der Waals surface area (Å²) in [6, 6.07) is 26.2. The van der Waals surface area contributed by atoms with Gasteiger partial charge in [0, 0.05) is 93.3 Å². The summed E-state index contributed by atoms with van der Waals surface area (Å²) in [5, 5.41) is 1.22. The zero-order valence-electron chi connectivity index (χ0n) is 23.1. The first-order chi connectivity index (χ1) is 19.0. The maximum atomic E-state index is 13.2. The van der Waals surface area contributed by atoms with Crippen molar-refractivity contribution in [1.82, 2.24) is 19.7 Å². The van der Waals surface area contributed by atoms with Gasteiger partial charge >= 0.3 is 0 Å². The van der Waals surface area contributed by atoms with Crippen molar-refractivity contribution in [3.8, 4) is 11.1 Å². The van der Waals surface area contributed by atoms with Gasteiger partial charge in [-0.1, -0.05) is 48.5 Å². The Balaban J connectivity index is 1.05. The van der Waals surface area contributed by atoms with Crippen LogP contribution in [0.1, 0.15) is 29.8 Å². The number of hydrogen-bond acceptors (Lipinski definition) is 4. The van der Waals surface area contributed by atoms with Crippen LogP contribution in [0.15, 0.2) is 79.0 Å². The van der Waals surface area contributed by atoms with Gasteiger partial charge < -0.3 is 14.8 Å². The molecule has 1 amide bonds. The maximum absolute atomic E-state index is 13.2. The fourth-order valence-electron chi connectivity index (χ4n) is 5.97. The SMILES string of the molecule is CC(C)N1CCN(C(=O)c2ccc3c(CN4CCN(c5ccc(-c6ccccc6)cc5)CC4)c[nH]c3c2)CC1. The Bertz CT molecular complexity index is 1400. The molecule has 1 aromatic heterocycles. The molecule has 2 aliphatic rings. The Labute approximate surface area is 231 Å². The molecule has 3 aromatic carbocycles. The monoisotopic (exact) mass is 521 g/mol. The van der Waals surface area contributed by atoms with E-state index in [4.69, 9.17) is 0 Å².